The molecule has 0 saturated carbocycles. The third kappa shape index (κ3) is 3.61. The first kappa shape index (κ1) is 15.5. The van der Waals surface area contributed by atoms with Crippen LogP contribution >= 0.6 is 0 Å². The van der Waals surface area contributed by atoms with Gasteiger partial charge in [-0.15, -0.1) is 0 Å². The van der Waals surface area contributed by atoms with Gasteiger partial charge in [-0.3, -0.25) is 0 Å². The molecule has 0 atom stereocenters. The molecule has 2 rings (SSSR count). The topological polar surface area (TPSA) is 60.2 Å². The number of nitrogen functional groups attached to an aromatic ring is 1. The van der Waals surface area contributed by atoms with Crippen molar-refractivity contribution in [1.29, 1.82) is 0 Å². The monoisotopic (exact) mass is 307 g/mol. The van der Waals surface area contributed by atoms with Crippen LogP contribution in [0, 0.1) is 5.82 Å². The number of hydrogen-bond acceptors (Lipinski definition) is 3. The summed E-state index contributed by atoms with van der Waals surface area (Å²) in [6.45, 7) is 4.13. The molecule has 3 nitrogen and oxygen atoms in total. The molecule has 5 heteroatoms. The standard InChI is InChI=1S/C16H18FNO2S/c1-11(2)13-5-3-12(4-6-13)10-21(19,20)16-8-7-14(18)9-15(16)17/h3-9,11H,10,18H2,1-2H3. The molecule has 0 aliphatic rings. The van der Waals surface area contributed by atoms with Gasteiger partial charge in [0.1, 0.15) is 10.7 Å². The molecular formula is C16H18FNO2S. The molecule has 0 amide bonds. The predicted molar refractivity (Wildman–Crippen MR) is 82.2 cm³/mol. The van der Waals surface area contributed by atoms with Gasteiger partial charge in [-0.05, 0) is 35.2 Å². The van der Waals surface area contributed by atoms with Gasteiger partial charge in [-0.25, -0.2) is 12.8 Å². The van der Waals surface area contributed by atoms with E-state index in [1.54, 1.807) is 12.1 Å². The van der Waals surface area contributed by atoms with Crippen molar-refractivity contribution in [2.24, 2.45) is 0 Å². The predicted octanol–water partition coefficient (Wildman–Crippen LogP) is 3.51. The second-order valence-corrected chi connectivity index (χ2v) is 7.30. The molecule has 0 saturated heterocycles. The summed E-state index contributed by atoms with van der Waals surface area (Å²) in [5.74, 6) is -0.661. The van der Waals surface area contributed by atoms with Gasteiger partial charge in [0.25, 0.3) is 0 Å². The van der Waals surface area contributed by atoms with Gasteiger partial charge in [0, 0.05) is 5.69 Å². The highest BCUT2D eigenvalue weighted by Crippen LogP contribution is 2.22. The van der Waals surface area contributed by atoms with Crippen LogP contribution in [0.15, 0.2) is 47.4 Å². The zero-order valence-electron chi connectivity index (χ0n) is 12.0. The molecule has 2 aromatic carbocycles. The van der Waals surface area contributed by atoms with Crippen LogP contribution in [0.5, 0.6) is 0 Å². The Bertz CT molecular complexity index is 737. The van der Waals surface area contributed by atoms with Gasteiger partial charge in [-0.2, -0.15) is 0 Å². The van der Waals surface area contributed by atoms with Crippen molar-refractivity contribution in [2.75, 3.05) is 5.73 Å². The third-order valence-electron chi connectivity index (χ3n) is 3.29. The fourth-order valence-corrected chi connectivity index (χ4v) is 3.48. The number of rotatable bonds is 4. The maximum absolute atomic E-state index is 13.8. The van der Waals surface area contributed by atoms with Crippen LogP contribution in [0.2, 0.25) is 0 Å². The minimum atomic E-state index is -3.72. The summed E-state index contributed by atoms with van der Waals surface area (Å²) in [4.78, 5) is -0.315. The van der Waals surface area contributed by atoms with Crippen LogP contribution < -0.4 is 5.73 Å². The summed E-state index contributed by atoms with van der Waals surface area (Å²) in [5, 5.41) is 0. The first-order valence-electron chi connectivity index (χ1n) is 6.66. The van der Waals surface area contributed by atoms with Gasteiger partial charge in [0.2, 0.25) is 0 Å². The molecule has 0 aromatic heterocycles. The Morgan fingerprint density at radius 2 is 1.71 bits per heavy atom. The highest BCUT2D eigenvalue weighted by molar-refractivity contribution is 7.90. The molecule has 0 fully saturated rings. The lowest BCUT2D eigenvalue weighted by Crippen LogP contribution is -2.08. The molecule has 2 N–H and O–H groups in total. The van der Waals surface area contributed by atoms with Crippen LogP contribution in [0.4, 0.5) is 10.1 Å². The molecule has 2 aromatic rings. The fourth-order valence-electron chi connectivity index (χ4n) is 2.07. The lowest BCUT2D eigenvalue weighted by atomic mass is 10.0. The van der Waals surface area contributed by atoms with Crippen LogP contribution in [0.25, 0.3) is 0 Å². The fraction of sp³-hybridized carbons (Fsp3) is 0.250. The number of sulfone groups is 1. The van der Waals surface area contributed by atoms with E-state index in [2.05, 4.69) is 13.8 Å². The molecule has 0 heterocycles. The minimum absolute atomic E-state index is 0.202. The van der Waals surface area contributed by atoms with Crippen molar-refractivity contribution in [2.45, 2.75) is 30.4 Å². The van der Waals surface area contributed by atoms with Crippen molar-refractivity contribution in [3.05, 3.63) is 59.4 Å². The molecule has 0 bridgehead atoms. The Hall–Kier alpha value is -1.88. The van der Waals surface area contributed by atoms with Crippen molar-refractivity contribution in [3.8, 4) is 0 Å². The number of benzene rings is 2. The lowest BCUT2D eigenvalue weighted by molar-refractivity contribution is 0.567. The Morgan fingerprint density at radius 1 is 1.10 bits per heavy atom. The summed E-state index contributed by atoms with van der Waals surface area (Å²) in [6, 6.07) is 10.9. The maximum atomic E-state index is 13.8. The average molecular weight is 307 g/mol. The second kappa shape index (κ2) is 5.85. The van der Waals surface area contributed by atoms with Gasteiger partial charge in [0.05, 0.1) is 5.75 Å². The number of halogens is 1. The molecule has 0 unspecified atom stereocenters. The van der Waals surface area contributed by atoms with Crippen LogP contribution in [-0.4, -0.2) is 8.42 Å². The summed E-state index contributed by atoms with van der Waals surface area (Å²) in [7, 11) is -3.72. The number of hydrogen-bond donors (Lipinski definition) is 1. The quantitative estimate of drug-likeness (QED) is 0.879. The van der Waals surface area contributed by atoms with E-state index < -0.39 is 15.7 Å². The zero-order chi connectivity index (χ0) is 15.6. The maximum Gasteiger partial charge on any atom is 0.185 e. The smallest absolute Gasteiger partial charge is 0.185 e. The number of anilines is 1. The summed E-state index contributed by atoms with van der Waals surface area (Å²) < 4.78 is 38.3. The Labute approximate surface area is 124 Å². The lowest BCUT2D eigenvalue weighted by Gasteiger charge is -2.09. The molecular weight excluding hydrogens is 289 g/mol. The minimum Gasteiger partial charge on any atom is -0.399 e. The summed E-state index contributed by atoms with van der Waals surface area (Å²) in [6.07, 6.45) is 0. The summed E-state index contributed by atoms with van der Waals surface area (Å²) in [5.41, 5.74) is 7.40. The first-order valence-corrected chi connectivity index (χ1v) is 8.31. The highest BCUT2D eigenvalue weighted by atomic mass is 32.2. The first-order chi connectivity index (χ1) is 9.79. The molecule has 0 aliphatic carbocycles. The highest BCUT2D eigenvalue weighted by Gasteiger charge is 2.20. The van der Waals surface area contributed by atoms with Crippen molar-refractivity contribution < 1.29 is 12.8 Å². The normalized spacial score (nSPS) is 11.8. The van der Waals surface area contributed by atoms with E-state index in [4.69, 9.17) is 5.73 Å². The SMILES string of the molecule is CC(C)c1ccc(CS(=O)(=O)c2ccc(N)cc2F)cc1. The van der Waals surface area contributed by atoms with Crippen LogP contribution in [0.1, 0.15) is 30.9 Å². The van der Waals surface area contributed by atoms with Crippen molar-refractivity contribution in [3.63, 3.8) is 0 Å². The average Bonchev–Trinajstić information content (AvgIpc) is 2.38. The largest absolute Gasteiger partial charge is 0.399 e. The Kier molecular flexibility index (Phi) is 4.32. The van der Waals surface area contributed by atoms with E-state index in [1.165, 1.54) is 12.1 Å². The van der Waals surface area contributed by atoms with Crippen molar-refractivity contribution in [1.82, 2.24) is 0 Å². The Balaban J connectivity index is 2.28. The van der Waals surface area contributed by atoms with Gasteiger partial charge in [-0.1, -0.05) is 38.1 Å². The van der Waals surface area contributed by atoms with Crippen LogP contribution in [-0.2, 0) is 15.6 Å². The van der Waals surface area contributed by atoms with E-state index >= 15 is 0 Å². The second-order valence-electron chi connectivity index (χ2n) is 5.35. The molecule has 0 radical (unpaired) electrons. The molecule has 0 aliphatic heterocycles. The van der Waals surface area contributed by atoms with E-state index in [9.17, 15) is 12.8 Å². The van der Waals surface area contributed by atoms with Gasteiger partial charge >= 0.3 is 0 Å². The molecule has 0 spiro atoms. The van der Waals surface area contributed by atoms with Crippen LogP contribution in [0.3, 0.4) is 0 Å². The van der Waals surface area contributed by atoms with Crippen molar-refractivity contribution >= 4 is 15.5 Å². The van der Waals surface area contributed by atoms with E-state index in [0.717, 1.165) is 11.6 Å². The van der Waals surface area contributed by atoms with Gasteiger partial charge in [0.15, 0.2) is 9.84 Å². The molecule has 112 valence electrons. The number of nitrogens with two attached hydrogens (primary N) is 1. The zero-order valence-corrected chi connectivity index (χ0v) is 12.8. The Morgan fingerprint density at radius 3 is 2.24 bits per heavy atom. The van der Waals surface area contributed by atoms with Gasteiger partial charge < -0.3 is 5.73 Å². The summed E-state index contributed by atoms with van der Waals surface area (Å²) >= 11 is 0. The molecule has 21 heavy (non-hydrogen) atoms. The van der Waals surface area contributed by atoms with E-state index in [0.29, 0.717) is 11.5 Å². The third-order valence-corrected chi connectivity index (χ3v) is 5.01. The van der Waals surface area contributed by atoms with E-state index in [-0.39, 0.29) is 16.3 Å². The van der Waals surface area contributed by atoms with E-state index in [1.807, 2.05) is 12.1 Å².